The second-order valence-corrected chi connectivity index (χ2v) is 4.96. The quantitative estimate of drug-likeness (QED) is 0.656. The van der Waals surface area contributed by atoms with Crippen molar-refractivity contribution in [2.24, 2.45) is 5.73 Å². The van der Waals surface area contributed by atoms with E-state index in [-0.39, 0.29) is 12.5 Å². The number of carbonyl (C=O) groups is 2. The monoisotopic (exact) mass is 257 g/mol. The predicted octanol–water partition coefficient (Wildman–Crippen LogP) is 0.197. The number of primary amides is 1. The highest BCUT2D eigenvalue weighted by Crippen LogP contribution is 2.33. The zero-order valence-electron chi connectivity index (χ0n) is 11.1. The van der Waals surface area contributed by atoms with Crippen LogP contribution in [0.1, 0.15) is 39.5 Å². The van der Waals surface area contributed by atoms with E-state index >= 15 is 0 Å². The van der Waals surface area contributed by atoms with E-state index in [0.717, 1.165) is 25.7 Å². The molecule has 18 heavy (non-hydrogen) atoms. The van der Waals surface area contributed by atoms with Crippen LogP contribution in [0.4, 0.5) is 4.79 Å². The van der Waals surface area contributed by atoms with Gasteiger partial charge in [-0.1, -0.05) is 13.3 Å². The Hall–Kier alpha value is -1.30. The topological polar surface area (TPSA) is 95.7 Å². The van der Waals surface area contributed by atoms with Crippen molar-refractivity contribution in [2.75, 3.05) is 13.2 Å². The lowest BCUT2D eigenvalue weighted by atomic mass is 9.91. The zero-order chi connectivity index (χ0) is 13.8. The van der Waals surface area contributed by atoms with Crippen molar-refractivity contribution in [1.29, 1.82) is 0 Å². The van der Waals surface area contributed by atoms with Gasteiger partial charge in [0, 0.05) is 6.54 Å². The molecule has 1 aliphatic rings. The maximum absolute atomic E-state index is 12.3. The molecule has 0 saturated carbocycles. The van der Waals surface area contributed by atoms with Gasteiger partial charge in [0.2, 0.25) is 5.91 Å². The fraction of sp³-hybridized carbons (Fsp3) is 0.833. The van der Waals surface area contributed by atoms with Gasteiger partial charge in [0.15, 0.2) is 0 Å². The first-order chi connectivity index (χ1) is 8.46. The molecule has 1 heterocycles. The van der Waals surface area contributed by atoms with Crippen molar-refractivity contribution in [2.45, 2.75) is 51.1 Å². The summed E-state index contributed by atoms with van der Waals surface area (Å²) >= 11 is 0. The Balaban J connectivity index is 2.79. The molecule has 1 aliphatic heterocycles. The SMILES string of the molecule is CCCC1(CO)CCCN1C(=O)[C@H](C)NC(N)=O. The lowest BCUT2D eigenvalue weighted by Crippen LogP contribution is -2.56. The Morgan fingerprint density at radius 3 is 2.72 bits per heavy atom. The Kier molecular flexibility index (Phi) is 4.95. The molecule has 2 atom stereocenters. The maximum atomic E-state index is 12.3. The van der Waals surface area contributed by atoms with Crippen LogP contribution in [0.3, 0.4) is 0 Å². The van der Waals surface area contributed by atoms with Gasteiger partial charge >= 0.3 is 6.03 Å². The third kappa shape index (κ3) is 2.93. The van der Waals surface area contributed by atoms with Gasteiger partial charge in [-0.25, -0.2) is 4.79 Å². The third-order valence-corrected chi connectivity index (χ3v) is 3.60. The molecule has 0 aliphatic carbocycles. The number of hydrogen-bond acceptors (Lipinski definition) is 3. The van der Waals surface area contributed by atoms with E-state index < -0.39 is 17.6 Å². The molecule has 6 heteroatoms. The highest BCUT2D eigenvalue weighted by Gasteiger charge is 2.43. The fourth-order valence-electron chi connectivity index (χ4n) is 2.76. The first kappa shape index (κ1) is 14.8. The number of aliphatic hydroxyl groups excluding tert-OH is 1. The summed E-state index contributed by atoms with van der Waals surface area (Å²) in [7, 11) is 0. The van der Waals surface area contributed by atoms with E-state index in [9.17, 15) is 14.7 Å². The van der Waals surface area contributed by atoms with E-state index in [2.05, 4.69) is 5.32 Å². The van der Waals surface area contributed by atoms with Crippen LogP contribution in [-0.4, -0.2) is 46.7 Å². The van der Waals surface area contributed by atoms with E-state index in [1.807, 2.05) is 6.92 Å². The van der Waals surface area contributed by atoms with Crippen molar-refractivity contribution in [3.05, 3.63) is 0 Å². The molecule has 0 aromatic heterocycles. The summed E-state index contributed by atoms with van der Waals surface area (Å²) in [6.07, 6.45) is 3.38. The summed E-state index contributed by atoms with van der Waals surface area (Å²) in [5.74, 6) is -0.172. The number of carbonyl (C=O) groups excluding carboxylic acids is 2. The lowest BCUT2D eigenvalue weighted by molar-refractivity contribution is -0.138. The number of likely N-dealkylation sites (tertiary alicyclic amines) is 1. The molecule has 0 aromatic rings. The molecule has 1 rings (SSSR count). The van der Waals surface area contributed by atoms with Gasteiger partial charge in [-0.3, -0.25) is 4.79 Å². The average Bonchev–Trinajstić information content (AvgIpc) is 2.72. The van der Waals surface area contributed by atoms with Gasteiger partial charge in [0.05, 0.1) is 12.1 Å². The van der Waals surface area contributed by atoms with E-state index in [4.69, 9.17) is 5.73 Å². The van der Waals surface area contributed by atoms with E-state index in [1.54, 1.807) is 11.8 Å². The van der Waals surface area contributed by atoms with Crippen LogP contribution < -0.4 is 11.1 Å². The summed E-state index contributed by atoms with van der Waals surface area (Å²) in [4.78, 5) is 24.8. The molecule has 3 amide bonds. The van der Waals surface area contributed by atoms with Gasteiger partial charge in [0.25, 0.3) is 0 Å². The van der Waals surface area contributed by atoms with Crippen LogP contribution in [0.2, 0.25) is 0 Å². The van der Waals surface area contributed by atoms with Gasteiger partial charge in [-0.2, -0.15) is 0 Å². The van der Waals surface area contributed by atoms with Crippen LogP contribution in [0.5, 0.6) is 0 Å². The second-order valence-electron chi connectivity index (χ2n) is 4.96. The summed E-state index contributed by atoms with van der Waals surface area (Å²) < 4.78 is 0. The van der Waals surface area contributed by atoms with E-state index in [1.165, 1.54) is 0 Å². The summed E-state index contributed by atoms with van der Waals surface area (Å²) in [5, 5.41) is 12.0. The molecule has 104 valence electrons. The van der Waals surface area contributed by atoms with Crippen molar-refractivity contribution in [3.63, 3.8) is 0 Å². The minimum absolute atomic E-state index is 0.0319. The maximum Gasteiger partial charge on any atom is 0.312 e. The van der Waals surface area contributed by atoms with Gasteiger partial charge in [0.1, 0.15) is 6.04 Å². The minimum Gasteiger partial charge on any atom is -0.394 e. The molecule has 1 fully saturated rings. The van der Waals surface area contributed by atoms with Crippen LogP contribution in [0, 0.1) is 0 Å². The first-order valence-electron chi connectivity index (χ1n) is 6.45. The van der Waals surface area contributed by atoms with Gasteiger partial charge in [-0.15, -0.1) is 0 Å². The summed E-state index contributed by atoms with van der Waals surface area (Å²) in [6.45, 7) is 4.24. The van der Waals surface area contributed by atoms with Crippen molar-refractivity contribution >= 4 is 11.9 Å². The van der Waals surface area contributed by atoms with Crippen molar-refractivity contribution in [3.8, 4) is 0 Å². The molecule has 0 spiro atoms. The Morgan fingerprint density at radius 2 is 2.22 bits per heavy atom. The summed E-state index contributed by atoms with van der Waals surface area (Å²) in [6, 6.07) is -1.36. The highest BCUT2D eigenvalue weighted by atomic mass is 16.3. The first-order valence-corrected chi connectivity index (χ1v) is 6.45. The number of nitrogens with two attached hydrogens (primary N) is 1. The number of urea groups is 1. The van der Waals surface area contributed by atoms with Gasteiger partial charge < -0.3 is 21.1 Å². The molecule has 0 bridgehead atoms. The van der Waals surface area contributed by atoms with Crippen molar-refractivity contribution < 1.29 is 14.7 Å². The van der Waals surface area contributed by atoms with Crippen LogP contribution in [0.15, 0.2) is 0 Å². The fourth-order valence-corrected chi connectivity index (χ4v) is 2.76. The number of nitrogens with one attached hydrogen (secondary N) is 1. The predicted molar refractivity (Wildman–Crippen MR) is 67.9 cm³/mol. The number of aliphatic hydroxyl groups is 1. The summed E-state index contributed by atoms with van der Waals surface area (Å²) in [5.41, 5.74) is 4.56. The number of hydrogen-bond donors (Lipinski definition) is 3. The van der Waals surface area contributed by atoms with Crippen LogP contribution >= 0.6 is 0 Å². The van der Waals surface area contributed by atoms with Crippen LogP contribution in [0.25, 0.3) is 0 Å². The highest BCUT2D eigenvalue weighted by molar-refractivity contribution is 5.87. The molecule has 1 unspecified atom stereocenters. The standard InChI is InChI=1S/C12H23N3O3/c1-3-5-12(8-16)6-4-7-15(12)10(17)9(2)14-11(13)18/h9,16H,3-8H2,1-2H3,(H3,13,14,18)/t9-,12?/m0/s1. The Labute approximate surface area is 108 Å². The molecular formula is C12H23N3O3. The second kappa shape index (κ2) is 6.04. The lowest BCUT2D eigenvalue weighted by Gasteiger charge is -2.38. The zero-order valence-corrected chi connectivity index (χ0v) is 11.1. The van der Waals surface area contributed by atoms with E-state index in [0.29, 0.717) is 6.54 Å². The van der Waals surface area contributed by atoms with Crippen LogP contribution in [-0.2, 0) is 4.79 Å². The molecule has 1 saturated heterocycles. The molecule has 4 N–H and O–H groups in total. The van der Waals surface area contributed by atoms with Gasteiger partial charge in [-0.05, 0) is 26.2 Å². The largest absolute Gasteiger partial charge is 0.394 e. The molecular weight excluding hydrogens is 234 g/mol. The molecule has 6 nitrogen and oxygen atoms in total. The number of rotatable bonds is 5. The smallest absolute Gasteiger partial charge is 0.312 e. The number of nitrogens with zero attached hydrogens (tertiary/aromatic N) is 1. The molecule has 0 radical (unpaired) electrons. The Bertz CT molecular complexity index is 322. The Morgan fingerprint density at radius 1 is 1.56 bits per heavy atom. The van der Waals surface area contributed by atoms with Crippen molar-refractivity contribution in [1.82, 2.24) is 10.2 Å². The normalized spacial score (nSPS) is 24.9. The minimum atomic E-state index is -0.708. The third-order valence-electron chi connectivity index (χ3n) is 3.60. The number of amides is 3. The average molecular weight is 257 g/mol. The molecule has 0 aromatic carbocycles.